The van der Waals surface area contributed by atoms with Gasteiger partial charge in [0.2, 0.25) is 5.91 Å². The Morgan fingerprint density at radius 2 is 2.27 bits per heavy atom. The molecule has 1 aromatic carbocycles. The first-order chi connectivity index (χ1) is 7.18. The maximum absolute atomic E-state index is 11.6. The van der Waals surface area contributed by atoms with Crippen molar-refractivity contribution < 1.29 is 9.90 Å². The van der Waals surface area contributed by atoms with Gasteiger partial charge in [-0.2, -0.15) is 0 Å². The molecule has 1 atom stereocenters. The number of carbonyl (C=O) groups is 1. The molecule has 1 amide bonds. The zero-order valence-corrected chi connectivity index (χ0v) is 8.60. The van der Waals surface area contributed by atoms with Crippen molar-refractivity contribution in [2.24, 2.45) is 0 Å². The summed E-state index contributed by atoms with van der Waals surface area (Å²) in [5.74, 6) is -0.00500. The molecule has 1 heterocycles. The average molecular weight is 206 g/mol. The van der Waals surface area contributed by atoms with Crippen LogP contribution in [0.4, 0.5) is 11.4 Å². The van der Waals surface area contributed by atoms with E-state index >= 15 is 0 Å². The van der Waals surface area contributed by atoms with Gasteiger partial charge in [0.15, 0.2) is 0 Å². The molecule has 1 aliphatic heterocycles. The summed E-state index contributed by atoms with van der Waals surface area (Å²) in [7, 11) is 0. The fraction of sp³-hybridized carbons (Fsp3) is 0.364. The van der Waals surface area contributed by atoms with E-state index in [1.165, 1.54) is 0 Å². The zero-order valence-electron chi connectivity index (χ0n) is 8.60. The Kier molecular flexibility index (Phi) is 2.60. The van der Waals surface area contributed by atoms with Gasteiger partial charge in [0, 0.05) is 0 Å². The van der Waals surface area contributed by atoms with Gasteiger partial charge < -0.3 is 15.3 Å². The number of aliphatic hydroxyl groups is 1. The number of amides is 1. The Labute approximate surface area is 88.5 Å². The van der Waals surface area contributed by atoms with Crippen LogP contribution in [0.1, 0.15) is 6.92 Å². The third-order valence-corrected chi connectivity index (χ3v) is 2.37. The van der Waals surface area contributed by atoms with Crippen molar-refractivity contribution in [3.8, 4) is 0 Å². The summed E-state index contributed by atoms with van der Waals surface area (Å²) in [6.07, 6.45) is -0.514. The second kappa shape index (κ2) is 3.90. The highest BCUT2D eigenvalue weighted by atomic mass is 16.3. The number of para-hydroxylation sites is 2. The number of hydrogen-bond acceptors (Lipinski definition) is 3. The second-order valence-corrected chi connectivity index (χ2v) is 3.72. The number of benzene rings is 1. The topological polar surface area (TPSA) is 52.6 Å². The molecule has 1 aliphatic rings. The third kappa shape index (κ3) is 1.94. The first kappa shape index (κ1) is 9.98. The van der Waals surface area contributed by atoms with E-state index in [9.17, 15) is 9.90 Å². The maximum Gasteiger partial charge on any atom is 0.246 e. The highest BCUT2D eigenvalue weighted by Gasteiger charge is 2.23. The number of β-amino-alcohol motifs (C(OH)–C–C–N with tert-alkyl or cyclic N) is 1. The SMILES string of the molecule is CC(O)CN1C(=O)CNc2ccccc21. The minimum Gasteiger partial charge on any atom is -0.392 e. The van der Waals surface area contributed by atoms with Gasteiger partial charge in [0.05, 0.1) is 30.6 Å². The lowest BCUT2D eigenvalue weighted by atomic mass is 10.2. The highest BCUT2D eigenvalue weighted by Crippen LogP contribution is 2.28. The monoisotopic (exact) mass is 206 g/mol. The summed E-state index contributed by atoms with van der Waals surface area (Å²) in [6, 6.07) is 7.61. The number of nitrogens with zero attached hydrogens (tertiary/aromatic N) is 1. The smallest absolute Gasteiger partial charge is 0.246 e. The quantitative estimate of drug-likeness (QED) is 0.753. The van der Waals surface area contributed by atoms with Crippen molar-refractivity contribution in [1.29, 1.82) is 0 Å². The first-order valence-electron chi connectivity index (χ1n) is 5.00. The van der Waals surface area contributed by atoms with E-state index in [-0.39, 0.29) is 5.91 Å². The zero-order chi connectivity index (χ0) is 10.8. The lowest BCUT2D eigenvalue weighted by molar-refractivity contribution is -0.117. The number of nitrogens with one attached hydrogen (secondary N) is 1. The summed E-state index contributed by atoms with van der Waals surface area (Å²) in [5.41, 5.74) is 1.78. The van der Waals surface area contributed by atoms with Crippen molar-refractivity contribution in [2.45, 2.75) is 13.0 Å². The fourth-order valence-corrected chi connectivity index (χ4v) is 1.72. The molecule has 1 unspecified atom stereocenters. The van der Waals surface area contributed by atoms with E-state index in [2.05, 4.69) is 5.32 Å². The molecule has 15 heavy (non-hydrogen) atoms. The molecular formula is C11H14N2O2. The normalized spacial score (nSPS) is 16.9. The number of carbonyl (C=O) groups excluding carboxylic acids is 1. The predicted molar refractivity (Wildman–Crippen MR) is 59.0 cm³/mol. The molecule has 0 saturated heterocycles. The van der Waals surface area contributed by atoms with Crippen molar-refractivity contribution >= 4 is 17.3 Å². The molecule has 4 nitrogen and oxygen atoms in total. The van der Waals surface area contributed by atoms with Crippen LogP contribution >= 0.6 is 0 Å². The van der Waals surface area contributed by atoms with E-state index in [0.717, 1.165) is 11.4 Å². The van der Waals surface area contributed by atoms with Gasteiger partial charge >= 0.3 is 0 Å². The molecule has 1 aromatic rings. The molecule has 0 aliphatic carbocycles. The maximum atomic E-state index is 11.6. The number of anilines is 2. The van der Waals surface area contributed by atoms with E-state index in [4.69, 9.17) is 0 Å². The van der Waals surface area contributed by atoms with Crippen LogP contribution in [-0.2, 0) is 4.79 Å². The van der Waals surface area contributed by atoms with Crippen LogP contribution in [0.15, 0.2) is 24.3 Å². The molecule has 0 fully saturated rings. The first-order valence-corrected chi connectivity index (χ1v) is 5.00. The van der Waals surface area contributed by atoms with Gasteiger partial charge in [-0.05, 0) is 19.1 Å². The molecule has 0 bridgehead atoms. The molecule has 2 rings (SSSR count). The predicted octanol–water partition coefficient (Wildman–Crippen LogP) is 0.826. The lowest BCUT2D eigenvalue weighted by Crippen LogP contribution is -2.43. The van der Waals surface area contributed by atoms with E-state index in [1.54, 1.807) is 11.8 Å². The lowest BCUT2D eigenvalue weighted by Gasteiger charge is -2.30. The van der Waals surface area contributed by atoms with Crippen LogP contribution in [0.25, 0.3) is 0 Å². The van der Waals surface area contributed by atoms with Gasteiger partial charge in [-0.1, -0.05) is 12.1 Å². The van der Waals surface area contributed by atoms with Crippen molar-refractivity contribution in [1.82, 2.24) is 0 Å². The summed E-state index contributed by atoms with van der Waals surface area (Å²) in [6.45, 7) is 2.32. The van der Waals surface area contributed by atoms with Gasteiger partial charge in [-0.15, -0.1) is 0 Å². The summed E-state index contributed by atoms with van der Waals surface area (Å²) >= 11 is 0. The van der Waals surface area contributed by atoms with E-state index in [1.807, 2.05) is 24.3 Å². The summed E-state index contributed by atoms with van der Waals surface area (Å²) in [4.78, 5) is 13.3. The standard InChI is InChI=1S/C11H14N2O2/c1-8(14)7-13-10-5-3-2-4-9(10)12-6-11(13)15/h2-5,8,12,14H,6-7H2,1H3. The third-order valence-electron chi connectivity index (χ3n) is 2.37. The Hall–Kier alpha value is -1.55. The minimum atomic E-state index is -0.514. The van der Waals surface area contributed by atoms with Crippen molar-refractivity contribution in [3.05, 3.63) is 24.3 Å². The number of fused-ring (bicyclic) bond motifs is 1. The van der Waals surface area contributed by atoms with Gasteiger partial charge in [0.1, 0.15) is 0 Å². The molecular weight excluding hydrogens is 192 g/mol. The number of aliphatic hydroxyl groups excluding tert-OH is 1. The Bertz CT molecular complexity index is 377. The van der Waals surface area contributed by atoms with Crippen LogP contribution in [0.3, 0.4) is 0 Å². The van der Waals surface area contributed by atoms with E-state index < -0.39 is 6.10 Å². The highest BCUT2D eigenvalue weighted by molar-refractivity contribution is 6.02. The Balaban J connectivity index is 2.33. The molecule has 2 N–H and O–H groups in total. The number of hydrogen-bond donors (Lipinski definition) is 2. The van der Waals surface area contributed by atoms with Gasteiger partial charge in [-0.3, -0.25) is 4.79 Å². The summed E-state index contributed by atoms with van der Waals surface area (Å²) in [5, 5.41) is 12.4. The van der Waals surface area contributed by atoms with Crippen LogP contribution in [0.5, 0.6) is 0 Å². The minimum absolute atomic E-state index is 0.00500. The largest absolute Gasteiger partial charge is 0.392 e. The van der Waals surface area contributed by atoms with E-state index in [0.29, 0.717) is 13.1 Å². The van der Waals surface area contributed by atoms with Crippen molar-refractivity contribution in [3.63, 3.8) is 0 Å². The molecule has 0 saturated carbocycles. The molecule has 0 radical (unpaired) electrons. The second-order valence-electron chi connectivity index (χ2n) is 3.72. The van der Waals surface area contributed by atoms with Gasteiger partial charge in [0.25, 0.3) is 0 Å². The Morgan fingerprint density at radius 3 is 3.00 bits per heavy atom. The molecule has 0 aromatic heterocycles. The fourth-order valence-electron chi connectivity index (χ4n) is 1.72. The van der Waals surface area contributed by atoms with Gasteiger partial charge in [-0.25, -0.2) is 0 Å². The summed E-state index contributed by atoms with van der Waals surface area (Å²) < 4.78 is 0. The average Bonchev–Trinajstić information content (AvgIpc) is 2.22. The van der Waals surface area contributed by atoms with Crippen LogP contribution in [0, 0.1) is 0 Å². The molecule has 4 heteroatoms. The molecule has 80 valence electrons. The molecule has 0 spiro atoms. The number of rotatable bonds is 2. The Morgan fingerprint density at radius 1 is 1.53 bits per heavy atom. The van der Waals surface area contributed by atoms with Crippen molar-refractivity contribution in [2.75, 3.05) is 23.3 Å². The van der Waals surface area contributed by atoms with Crippen LogP contribution in [-0.4, -0.2) is 30.2 Å². The van der Waals surface area contributed by atoms with Crippen LogP contribution < -0.4 is 10.2 Å². The van der Waals surface area contributed by atoms with Crippen LogP contribution in [0.2, 0.25) is 0 Å².